The lowest BCUT2D eigenvalue weighted by Gasteiger charge is -2.12. The van der Waals surface area contributed by atoms with E-state index in [9.17, 15) is 5.11 Å². The molecule has 0 fully saturated rings. The van der Waals surface area contributed by atoms with Crippen molar-refractivity contribution in [3.05, 3.63) is 5.69 Å². The maximum atomic E-state index is 9.44. The quantitative estimate of drug-likeness (QED) is 0.628. The highest BCUT2D eigenvalue weighted by atomic mass is 16.5. The standard InChI is InChI=1S/C9H18N4O2/c1-6-8(10)9(13(2)12-6)11-4-7(14)5-15-3/h7,11,14H,4-5,10H2,1-3H3. The second kappa shape index (κ2) is 4.99. The van der Waals surface area contributed by atoms with Crippen LogP contribution >= 0.6 is 0 Å². The van der Waals surface area contributed by atoms with Crippen LogP contribution in [0.4, 0.5) is 11.5 Å². The third kappa shape index (κ3) is 2.84. The van der Waals surface area contributed by atoms with Gasteiger partial charge in [-0.1, -0.05) is 0 Å². The smallest absolute Gasteiger partial charge is 0.147 e. The number of nitrogens with two attached hydrogens (primary N) is 1. The number of nitrogens with one attached hydrogen (secondary N) is 1. The molecule has 1 aromatic heterocycles. The van der Waals surface area contributed by atoms with Crippen molar-refractivity contribution in [2.75, 3.05) is 31.3 Å². The maximum absolute atomic E-state index is 9.44. The van der Waals surface area contributed by atoms with Gasteiger partial charge in [-0.2, -0.15) is 5.10 Å². The fourth-order valence-corrected chi connectivity index (χ4v) is 1.35. The Balaban J connectivity index is 2.57. The number of anilines is 2. The number of aromatic nitrogens is 2. The SMILES string of the molecule is COCC(O)CNc1c(N)c(C)nn1C. The van der Waals surface area contributed by atoms with Gasteiger partial charge in [0, 0.05) is 20.7 Å². The molecular formula is C9H18N4O2. The summed E-state index contributed by atoms with van der Waals surface area (Å²) < 4.78 is 6.47. The Morgan fingerprint density at radius 2 is 2.33 bits per heavy atom. The van der Waals surface area contributed by atoms with Crippen LogP contribution in [0.2, 0.25) is 0 Å². The van der Waals surface area contributed by atoms with Gasteiger partial charge in [0.15, 0.2) is 0 Å². The van der Waals surface area contributed by atoms with E-state index in [1.54, 1.807) is 18.8 Å². The summed E-state index contributed by atoms with van der Waals surface area (Å²) in [5.41, 5.74) is 7.20. The molecule has 0 radical (unpaired) electrons. The first-order valence-corrected chi connectivity index (χ1v) is 4.76. The van der Waals surface area contributed by atoms with E-state index in [0.717, 1.165) is 11.5 Å². The molecule has 0 aliphatic carbocycles. The van der Waals surface area contributed by atoms with Crippen molar-refractivity contribution < 1.29 is 9.84 Å². The Morgan fingerprint density at radius 3 is 2.80 bits per heavy atom. The molecule has 0 aromatic carbocycles. The van der Waals surface area contributed by atoms with Crippen LogP contribution < -0.4 is 11.1 Å². The molecule has 4 N–H and O–H groups in total. The van der Waals surface area contributed by atoms with E-state index < -0.39 is 6.10 Å². The minimum absolute atomic E-state index is 0.295. The first-order chi connectivity index (χ1) is 7.06. The zero-order chi connectivity index (χ0) is 11.4. The molecule has 0 saturated heterocycles. The molecular weight excluding hydrogens is 196 g/mol. The Labute approximate surface area is 89.0 Å². The number of hydrogen-bond acceptors (Lipinski definition) is 5. The van der Waals surface area contributed by atoms with Crippen molar-refractivity contribution in [3.63, 3.8) is 0 Å². The van der Waals surface area contributed by atoms with Crippen molar-refractivity contribution in [2.45, 2.75) is 13.0 Å². The molecule has 1 atom stereocenters. The van der Waals surface area contributed by atoms with E-state index in [2.05, 4.69) is 10.4 Å². The van der Waals surface area contributed by atoms with Crippen molar-refractivity contribution in [3.8, 4) is 0 Å². The van der Waals surface area contributed by atoms with Gasteiger partial charge in [0.25, 0.3) is 0 Å². The zero-order valence-corrected chi connectivity index (χ0v) is 9.32. The van der Waals surface area contributed by atoms with Crippen LogP contribution in [0.5, 0.6) is 0 Å². The number of nitrogen functional groups attached to an aromatic ring is 1. The van der Waals surface area contributed by atoms with E-state index in [1.165, 1.54) is 0 Å². The topological polar surface area (TPSA) is 85.3 Å². The van der Waals surface area contributed by atoms with Gasteiger partial charge in [-0.25, -0.2) is 0 Å². The van der Waals surface area contributed by atoms with Crippen LogP contribution in [0.25, 0.3) is 0 Å². The number of aliphatic hydroxyl groups excluding tert-OH is 1. The van der Waals surface area contributed by atoms with Gasteiger partial charge < -0.3 is 20.9 Å². The predicted octanol–water partition coefficient (Wildman–Crippen LogP) is -0.270. The Kier molecular flexibility index (Phi) is 3.93. The first-order valence-electron chi connectivity index (χ1n) is 4.76. The highest BCUT2D eigenvalue weighted by Gasteiger charge is 2.11. The van der Waals surface area contributed by atoms with Crippen LogP contribution in [-0.4, -0.2) is 41.3 Å². The predicted molar refractivity (Wildman–Crippen MR) is 58.7 cm³/mol. The molecule has 0 saturated carbocycles. The van der Waals surface area contributed by atoms with Gasteiger partial charge >= 0.3 is 0 Å². The second-order valence-electron chi connectivity index (χ2n) is 3.46. The van der Waals surface area contributed by atoms with Crippen LogP contribution in [-0.2, 0) is 11.8 Å². The highest BCUT2D eigenvalue weighted by molar-refractivity contribution is 5.64. The molecule has 1 aromatic rings. The lowest BCUT2D eigenvalue weighted by Crippen LogP contribution is -2.25. The summed E-state index contributed by atoms with van der Waals surface area (Å²) in [7, 11) is 3.35. The van der Waals surface area contributed by atoms with Gasteiger partial charge in [-0.15, -0.1) is 0 Å². The normalized spacial score (nSPS) is 12.8. The maximum Gasteiger partial charge on any atom is 0.147 e. The first kappa shape index (κ1) is 11.8. The summed E-state index contributed by atoms with van der Waals surface area (Å²) in [5.74, 6) is 0.725. The summed E-state index contributed by atoms with van der Waals surface area (Å²) in [6.07, 6.45) is -0.551. The fourth-order valence-electron chi connectivity index (χ4n) is 1.35. The Morgan fingerprint density at radius 1 is 1.67 bits per heavy atom. The van der Waals surface area contributed by atoms with Crippen LogP contribution in [0.3, 0.4) is 0 Å². The summed E-state index contributed by atoms with van der Waals surface area (Å²) in [4.78, 5) is 0. The monoisotopic (exact) mass is 214 g/mol. The highest BCUT2D eigenvalue weighted by Crippen LogP contribution is 2.20. The van der Waals surface area contributed by atoms with Crippen LogP contribution in [0.15, 0.2) is 0 Å². The lowest BCUT2D eigenvalue weighted by atomic mass is 10.3. The molecule has 6 heteroatoms. The molecule has 15 heavy (non-hydrogen) atoms. The largest absolute Gasteiger partial charge is 0.394 e. The number of aliphatic hydroxyl groups is 1. The minimum Gasteiger partial charge on any atom is -0.394 e. The molecule has 1 heterocycles. The molecule has 0 aliphatic heterocycles. The Hall–Kier alpha value is -1.27. The van der Waals surface area contributed by atoms with E-state index in [0.29, 0.717) is 18.8 Å². The van der Waals surface area contributed by atoms with E-state index >= 15 is 0 Å². The number of methoxy groups -OCH3 is 1. The Bertz CT molecular complexity index is 324. The summed E-state index contributed by atoms with van der Waals surface area (Å²) in [6, 6.07) is 0. The third-order valence-corrected chi connectivity index (χ3v) is 2.13. The number of ether oxygens (including phenoxy) is 1. The van der Waals surface area contributed by atoms with Crippen molar-refractivity contribution in [1.82, 2.24) is 9.78 Å². The van der Waals surface area contributed by atoms with Crippen LogP contribution in [0.1, 0.15) is 5.69 Å². The molecule has 0 aliphatic rings. The molecule has 6 nitrogen and oxygen atoms in total. The van der Waals surface area contributed by atoms with Gasteiger partial charge in [0.05, 0.1) is 24.1 Å². The molecule has 0 spiro atoms. The van der Waals surface area contributed by atoms with E-state index in [1.807, 2.05) is 6.92 Å². The van der Waals surface area contributed by atoms with Gasteiger partial charge in [-0.3, -0.25) is 4.68 Å². The summed E-state index contributed by atoms with van der Waals surface area (Å²) in [6.45, 7) is 2.52. The molecule has 0 amide bonds. The summed E-state index contributed by atoms with van der Waals surface area (Å²) in [5, 5.41) is 16.6. The summed E-state index contributed by atoms with van der Waals surface area (Å²) >= 11 is 0. The van der Waals surface area contributed by atoms with Gasteiger partial charge in [0.2, 0.25) is 0 Å². The molecule has 0 bridgehead atoms. The molecule has 86 valence electrons. The van der Waals surface area contributed by atoms with Crippen molar-refractivity contribution >= 4 is 11.5 Å². The number of hydrogen-bond donors (Lipinski definition) is 3. The van der Waals surface area contributed by atoms with E-state index in [4.69, 9.17) is 10.5 Å². The molecule has 1 unspecified atom stereocenters. The van der Waals surface area contributed by atoms with Crippen molar-refractivity contribution in [1.29, 1.82) is 0 Å². The second-order valence-corrected chi connectivity index (χ2v) is 3.46. The average molecular weight is 214 g/mol. The molecule has 1 rings (SSSR count). The fraction of sp³-hybridized carbons (Fsp3) is 0.667. The van der Waals surface area contributed by atoms with Gasteiger partial charge in [0.1, 0.15) is 5.82 Å². The van der Waals surface area contributed by atoms with E-state index in [-0.39, 0.29) is 0 Å². The number of nitrogens with zero attached hydrogens (tertiary/aromatic N) is 2. The average Bonchev–Trinajstić information content (AvgIpc) is 2.40. The van der Waals surface area contributed by atoms with Crippen molar-refractivity contribution in [2.24, 2.45) is 7.05 Å². The minimum atomic E-state index is -0.551. The third-order valence-electron chi connectivity index (χ3n) is 2.13. The van der Waals surface area contributed by atoms with Crippen LogP contribution in [0, 0.1) is 6.92 Å². The number of rotatable bonds is 5. The zero-order valence-electron chi connectivity index (χ0n) is 9.32. The van der Waals surface area contributed by atoms with Gasteiger partial charge in [-0.05, 0) is 6.92 Å². The lowest BCUT2D eigenvalue weighted by molar-refractivity contribution is 0.0727. The number of aryl methyl sites for hydroxylation is 2.